The van der Waals surface area contributed by atoms with Crippen molar-refractivity contribution in [3.05, 3.63) is 35.9 Å². The van der Waals surface area contributed by atoms with Crippen molar-refractivity contribution in [2.24, 2.45) is 0 Å². The van der Waals surface area contributed by atoms with Crippen molar-refractivity contribution in [3.8, 4) is 6.07 Å². The first-order valence-electron chi connectivity index (χ1n) is 5.30. The first-order chi connectivity index (χ1) is 8.19. The minimum Gasteiger partial charge on any atom is -0.480 e. The Kier molecular flexibility index (Phi) is 1.78. The van der Waals surface area contributed by atoms with E-state index in [0.29, 0.717) is 24.2 Å². The zero-order chi connectivity index (χ0) is 12.0. The number of nitriles is 1. The summed E-state index contributed by atoms with van der Waals surface area (Å²) in [6, 6.07) is 7.39. The molecule has 0 amide bonds. The fourth-order valence-corrected chi connectivity index (χ4v) is 2.12. The Labute approximate surface area is 96.9 Å². The van der Waals surface area contributed by atoms with Crippen LogP contribution in [0.3, 0.4) is 0 Å². The number of carboxylic acids is 1. The van der Waals surface area contributed by atoms with E-state index in [2.05, 4.69) is 4.98 Å². The van der Waals surface area contributed by atoms with Crippen LogP contribution in [0.15, 0.2) is 24.4 Å². The van der Waals surface area contributed by atoms with Crippen LogP contribution in [-0.4, -0.2) is 20.5 Å². The van der Waals surface area contributed by atoms with Gasteiger partial charge in [-0.1, -0.05) is 6.07 Å². The average molecular weight is 227 g/mol. The normalized spacial score (nSPS) is 16.6. The van der Waals surface area contributed by atoms with E-state index in [1.165, 1.54) is 0 Å². The number of imidazole rings is 1. The number of aliphatic carboxylic acids is 1. The van der Waals surface area contributed by atoms with Crippen molar-refractivity contribution in [3.63, 3.8) is 0 Å². The Morgan fingerprint density at radius 1 is 1.53 bits per heavy atom. The second-order valence-electron chi connectivity index (χ2n) is 4.24. The third kappa shape index (κ3) is 1.18. The van der Waals surface area contributed by atoms with Crippen LogP contribution in [0, 0.1) is 11.3 Å². The number of rotatable bonds is 2. The third-order valence-electron chi connectivity index (χ3n) is 3.24. The standard InChI is InChI=1S/C12H9N3O2/c13-7-8-9-3-1-2-6-15(9)10(14-8)12(4-5-12)11(16)17/h1-3,6H,4-5H2,(H,16,17). The van der Waals surface area contributed by atoms with Gasteiger partial charge in [0.15, 0.2) is 5.69 Å². The molecular weight excluding hydrogens is 218 g/mol. The van der Waals surface area contributed by atoms with Gasteiger partial charge in [0.1, 0.15) is 17.3 Å². The number of hydrogen-bond donors (Lipinski definition) is 1. The maximum absolute atomic E-state index is 11.3. The number of fused-ring (bicyclic) bond motifs is 1. The largest absolute Gasteiger partial charge is 0.480 e. The zero-order valence-electron chi connectivity index (χ0n) is 8.92. The smallest absolute Gasteiger partial charge is 0.317 e. The Morgan fingerprint density at radius 3 is 2.88 bits per heavy atom. The molecule has 1 N–H and O–H groups in total. The van der Waals surface area contributed by atoms with Gasteiger partial charge in [-0.25, -0.2) is 4.98 Å². The van der Waals surface area contributed by atoms with Crippen LogP contribution < -0.4 is 0 Å². The van der Waals surface area contributed by atoms with Crippen molar-refractivity contribution in [2.75, 3.05) is 0 Å². The van der Waals surface area contributed by atoms with E-state index in [4.69, 9.17) is 5.26 Å². The summed E-state index contributed by atoms with van der Waals surface area (Å²) in [6.45, 7) is 0. The third-order valence-corrected chi connectivity index (χ3v) is 3.24. The van der Waals surface area contributed by atoms with Crippen LogP contribution in [0.1, 0.15) is 24.4 Å². The molecule has 0 aromatic carbocycles. The molecule has 2 heterocycles. The minimum absolute atomic E-state index is 0.285. The van der Waals surface area contributed by atoms with E-state index in [9.17, 15) is 9.90 Å². The molecule has 84 valence electrons. The fraction of sp³-hybridized carbons (Fsp3) is 0.250. The molecule has 17 heavy (non-hydrogen) atoms. The van der Waals surface area contributed by atoms with E-state index < -0.39 is 11.4 Å². The van der Waals surface area contributed by atoms with Gasteiger partial charge in [-0.05, 0) is 25.0 Å². The molecule has 3 rings (SSSR count). The van der Waals surface area contributed by atoms with E-state index in [-0.39, 0.29) is 5.69 Å². The number of nitrogens with zero attached hydrogens (tertiary/aromatic N) is 3. The van der Waals surface area contributed by atoms with Crippen molar-refractivity contribution in [1.29, 1.82) is 5.26 Å². The van der Waals surface area contributed by atoms with Gasteiger partial charge in [-0.2, -0.15) is 5.26 Å². The van der Waals surface area contributed by atoms with E-state index >= 15 is 0 Å². The maximum Gasteiger partial charge on any atom is 0.317 e. The molecule has 0 saturated heterocycles. The summed E-state index contributed by atoms with van der Waals surface area (Å²) in [5, 5.41) is 18.3. The maximum atomic E-state index is 11.3. The highest BCUT2D eigenvalue weighted by atomic mass is 16.4. The summed E-state index contributed by atoms with van der Waals surface area (Å²) < 4.78 is 1.71. The Hall–Kier alpha value is -2.35. The Balaban J connectivity index is 2.32. The van der Waals surface area contributed by atoms with E-state index in [1.807, 2.05) is 12.1 Å². The summed E-state index contributed by atoms with van der Waals surface area (Å²) in [5.74, 6) is -0.394. The van der Waals surface area contributed by atoms with Gasteiger partial charge in [0, 0.05) is 6.20 Å². The highest BCUT2D eigenvalue weighted by molar-refractivity contribution is 5.84. The molecule has 0 radical (unpaired) electrons. The van der Waals surface area contributed by atoms with Gasteiger partial charge in [0.25, 0.3) is 0 Å². The highest BCUT2D eigenvalue weighted by Crippen LogP contribution is 2.48. The van der Waals surface area contributed by atoms with Crippen LogP contribution in [0.5, 0.6) is 0 Å². The van der Waals surface area contributed by atoms with Crippen molar-refractivity contribution in [2.45, 2.75) is 18.3 Å². The minimum atomic E-state index is -0.890. The highest BCUT2D eigenvalue weighted by Gasteiger charge is 2.55. The van der Waals surface area contributed by atoms with Gasteiger partial charge in [-0.15, -0.1) is 0 Å². The quantitative estimate of drug-likeness (QED) is 0.839. The average Bonchev–Trinajstić information content (AvgIpc) is 3.06. The molecule has 0 unspecified atom stereocenters. The van der Waals surface area contributed by atoms with Gasteiger partial charge < -0.3 is 9.51 Å². The summed E-state index contributed by atoms with van der Waals surface area (Å²) in [6.07, 6.45) is 2.92. The van der Waals surface area contributed by atoms with E-state index in [1.54, 1.807) is 22.7 Å². The number of carboxylic acid groups (broad SMARTS) is 1. The lowest BCUT2D eigenvalue weighted by atomic mass is 10.1. The summed E-state index contributed by atoms with van der Waals surface area (Å²) >= 11 is 0. The van der Waals surface area contributed by atoms with Crippen molar-refractivity contribution >= 4 is 11.5 Å². The number of aromatic nitrogens is 2. The van der Waals surface area contributed by atoms with Crippen LogP contribution in [-0.2, 0) is 10.2 Å². The molecule has 0 atom stereocenters. The first kappa shape index (κ1) is 9.85. The lowest BCUT2D eigenvalue weighted by molar-refractivity contribution is -0.140. The molecule has 2 aromatic rings. The molecule has 5 heteroatoms. The molecule has 0 spiro atoms. The molecule has 0 bridgehead atoms. The van der Waals surface area contributed by atoms with Gasteiger partial charge in [0.2, 0.25) is 0 Å². The fourth-order valence-electron chi connectivity index (χ4n) is 2.12. The van der Waals surface area contributed by atoms with Gasteiger partial charge in [-0.3, -0.25) is 4.79 Å². The Bertz CT molecular complexity index is 662. The zero-order valence-corrected chi connectivity index (χ0v) is 8.92. The molecule has 2 aromatic heterocycles. The van der Waals surface area contributed by atoms with Crippen molar-refractivity contribution in [1.82, 2.24) is 9.38 Å². The van der Waals surface area contributed by atoms with E-state index in [0.717, 1.165) is 0 Å². The lowest BCUT2D eigenvalue weighted by Crippen LogP contribution is -2.22. The SMILES string of the molecule is N#Cc1nc(C2(C(=O)O)CC2)n2ccccc12. The van der Waals surface area contributed by atoms with Crippen LogP contribution in [0.4, 0.5) is 0 Å². The second-order valence-corrected chi connectivity index (χ2v) is 4.24. The number of carbonyl (C=O) groups is 1. The summed E-state index contributed by atoms with van der Waals surface area (Å²) in [5.41, 5.74) is 0.0602. The molecular formula is C12H9N3O2. The second kappa shape index (κ2) is 3.08. The number of pyridine rings is 1. The molecule has 1 fully saturated rings. The lowest BCUT2D eigenvalue weighted by Gasteiger charge is -2.07. The predicted octanol–water partition coefficient (Wildman–Crippen LogP) is 1.32. The van der Waals surface area contributed by atoms with Crippen LogP contribution >= 0.6 is 0 Å². The Morgan fingerprint density at radius 2 is 2.29 bits per heavy atom. The van der Waals surface area contributed by atoms with Crippen LogP contribution in [0.2, 0.25) is 0 Å². The molecule has 1 aliphatic rings. The monoisotopic (exact) mass is 227 g/mol. The molecule has 1 saturated carbocycles. The van der Waals surface area contributed by atoms with Gasteiger partial charge >= 0.3 is 5.97 Å². The van der Waals surface area contributed by atoms with Crippen LogP contribution in [0.25, 0.3) is 5.52 Å². The summed E-state index contributed by atoms with van der Waals surface area (Å²) in [7, 11) is 0. The summed E-state index contributed by atoms with van der Waals surface area (Å²) in [4.78, 5) is 15.5. The topological polar surface area (TPSA) is 78.4 Å². The molecule has 5 nitrogen and oxygen atoms in total. The molecule has 0 aliphatic heterocycles. The first-order valence-corrected chi connectivity index (χ1v) is 5.30. The number of hydrogen-bond acceptors (Lipinski definition) is 3. The predicted molar refractivity (Wildman–Crippen MR) is 58.5 cm³/mol. The van der Waals surface area contributed by atoms with Gasteiger partial charge in [0.05, 0.1) is 5.52 Å². The van der Waals surface area contributed by atoms with Crippen molar-refractivity contribution < 1.29 is 9.90 Å². The molecule has 1 aliphatic carbocycles.